The van der Waals surface area contributed by atoms with Gasteiger partial charge in [0.05, 0.1) is 30.9 Å². The third kappa shape index (κ3) is 2.21. The molecule has 0 aromatic heterocycles. The summed E-state index contributed by atoms with van der Waals surface area (Å²) in [6.07, 6.45) is 1.75. The minimum absolute atomic E-state index is 0.0446. The molecule has 4 rings (SSSR count). The Morgan fingerprint density at radius 2 is 1.67 bits per heavy atom. The van der Waals surface area contributed by atoms with Crippen molar-refractivity contribution >= 4 is 11.8 Å². The van der Waals surface area contributed by atoms with Crippen LogP contribution in [0.1, 0.15) is 47.4 Å². The molecule has 1 aliphatic carbocycles. The number of nitrogens with zero attached hydrogens (tertiary/aromatic N) is 1. The van der Waals surface area contributed by atoms with Crippen LogP contribution in [0.15, 0.2) is 24.3 Å². The lowest BCUT2D eigenvalue weighted by atomic mass is 9.81. The molecule has 1 saturated carbocycles. The van der Waals surface area contributed by atoms with Crippen LogP contribution in [-0.2, 0) is 14.3 Å². The number of amides is 2. The van der Waals surface area contributed by atoms with E-state index in [2.05, 4.69) is 13.8 Å². The Hall–Kier alpha value is -1.76. The van der Waals surface area contributed by atoms with Gasteiger partial charge in [0.1, 0.15) is 0 Å². The zero-order valence-corrected chi connectivity index (χ0v) is 13.9. The van der Waals surface area contributed by atoms with Crippen molar-refractivity contribution in [2.45, 2.75) is 32.5 Å². The van der Waals surface area contributed by atoms with Crippen LogP contribution in [0.2, 0.25) is 0 Å². The number of ether oxygens (including phenoxy) is 2. The predicted octanol–water partition coefficient (Wildman–Crippen LogP) is 2.39. The average Bonchev–Trinajstić information content (AvgIpc) is 3.20. The third-order valence-corrected chi connectivity index (χ3v) is 5.50. The quantitative estimate of drug-likeness (QED) is 0.796. The first-order chi connectivity index (χ1) is 11.4. The van der Waals surface area contributed by atoms with E-state index in [0.717, 1.165) is 17.9 Å². The highest BCUT2D eigenvalue weighted by atomic mass is 16.7. The van der Waals surface area contributed by atoms with Crippen LogP contribution in [0.5, 0.6) is 0 Å². The molecule has 2 aliphatic heterocycles. The highest BCUT2D eigenvalue weighted by Crippen LogP contribution is 2.52. The molecule has 1 aromatic carbocycles. The molecule has 6 heteroatoms. The summed E-state index contributed by atoms with van der Waals surface area (Å²) in [6, 6.07) is 6.76. The highest BCUT2D eigenvalue weighted by Gasteiger charge is 2.57. The number of rotatable bonds is 3. The molecular weight excluding hydrogens is 310 g/mol. The lowest BCUT2D eigenvalue weighted by Gasteiger charge is -2.36. The van der Waals surface area contributed by atoms with Crippen LogP contribution in [0, 0.1) is 11.3 Å². The van der Waals surface area contributed by atoms with Gasteiger partial charge in [0.25, 0.3) is 11.8 Å². The molecule has 128 valence electrons. The second-order valence-electron chi connectivity index (χ2n) is 7.30. The van der Waals surface area contributed by atoms with Gasteiger partial charge in [0, 0.05) is 12.3 Å². The molecule has 1 saturated heterocycles. The number of hydrogen-bond donors (Lipinski definition) is 0. The van der Waals surface area contributed by atoms with Crippen LogP contribution in [0.25, 0.3) is 0 Å². The first-order valence-corrected chi connectivity index (χ1v) is 8.33. The van der Waals surface area contributed by atoms with Crippen LogP contribution in [-0.4, -0.2) is 42.5 Å². The van der Waals surface area contributed by atoms with Crippen molar-refractivity contribution in [3.63, 3.8) is 0 Å². The van der Waals surface area contributed by atoms with Gasteiger partial charge in [-0.2, -0.15) is 0 Å². The van der Waals surface area contributed by atoms with Gasteiger partial charge in [-0.1, -0.05) is 26.0 Å². The minimum atomic E-state index is -0.651. The Balaban J connectivity index is 1.53. The van der Waals surface area contributed by atoms with E-state index in [0.29, 0.717) is 24.3 Å². The topological polar surface area (TPSA) is 65.1 Å². The maximum absolute atomic E-state index is 12.4. The van der Waals surface area contributed by atoms with Gasteiger partial charge < -0.3 is 9.47 Å². The Morgan fingerprint density at radius 1 is 1.08 bits per heavy atom. The lowest BCUT2D eigenvalue weighted by Crippen LogP contribution is -2.44. The normalized spacial score (nSPS) is 27.2. The zero-order valence-electron chi connectivity index (χ0n) is 13.9. The molecule has 6 nitrogen and oxygen atoms in total. The Kier molecular flexibility index (Phi) is 3.53. The van der Waals surface area contributed by atoms with Crippen LogP contribution >= 0.6 is 0 Å². The van der Waals surface area contributed by atoms with E-state index >= 15 is 0 Å². The van der Waals surface area contributed by atoms with Gasteiger partial charge in [-0.25, -0.2) is 0 Å². The summed E-state index contributed by atoms with van der Waals surface area (Å²) in [4.78, 5) is 30.5. The Labute approximate surface area is 140 Å². The number of imide groups is 1. The maximum atomic E-state index is 12.4. The Morgan fingerprint density at radius 3 is 2.25 bits per heavy atom. The first-order valence-electron chi connectivity index (χ1n) is 8.33. The van der Waals surface area contributed by atoms with Crippen molar-refractivity contribution in [2.24, 2.45) is 11.3 Å². The van der Waals surface area contributed by atoms with Crippen molar-refractivity contribution < 1.29 is 23.9 Å². The summed E-state index contributed by atoms with van der Waals surface area (Å²) < 4.78 is 11.8. The third-order valence-electron chi connectivity index (χ3n) is 5.50. The smallest absolute Gasteiger partial charge is 0.285 e. The van der Waals surface area contributed by atoms with E-state index in [9.17, 15) is 9.59 Å². The number of fused-ring (bicyclic) bond motifs is 1. The molecule has 1 unspecified atom stereocenters. The van der Waals surface area contributed by atoms with Gasteiger partial charge in [-0.15, -0.1) is 5.06 Å². The van der Waals surface area contributed by atoms with E-state index in [1.165, 1.54) is 0 Å². The molecule has 2 fully saturated rings. The van der Waals surface area contributed by atoms with Gasteiger partial charge in [-0.05, 0) is 24.0 Å². The van der Waals surface area contributed by atoms with Crippen molar-refractivity contribution in [1.29, 1.82) is 0 Å². The fourth-order valence-corrected chi connectivity index (χ4v) is 4.04. The molecule has 24 heavy (non-hydrogen) atoms. The largest absolute Gasteiger partial charge is 0.347 e. The molecule has 1 atom stereocenters. The van der Waals surface area contributed by atoms with Crippen LogP contribution in [0.3, 0.4) is 0 Å². The molecule has 3 aliphatic rings. The van der Waals surface area contributed by atoms with E-state index < -0.39 is 17.6 Å². The summed E-state index contributed by atoms with van der Waals surface area (Å²) in [7, 11) is 0. The average molecular weight is 331 g/mol. The van der Waals surface area contributed by atoms with Gasteiger partial charge >= 0.3 is 0 Å². The molecule has 2 heterocycles. The van der Waals surface area contributed by atoms with Gasteiger partial charge in [0.15, 0.2) is 5.79 Å². The summed E-state index contributed by atoms with van der Waals surface area (Å²) in [5.41, 5.74) is 0.718. The molecule has 0 N–H and O–H groups in total. The fourth-order valence-electron chi connectivity index (χ4n) is 4.04. The SMILES string of the molecule is CC1(C)CCC2(OCCO2)C1CON1C(=O)c2ccccc2C1=O. The number of carbonyl (C=O) groups excluding carboxylic acids is 2. The van der Waals surface area contributed by atoms with Gasteiger partial charge in [-0.3, -0.25) is 14.4 Å². The monoisotopic (exact) mass is 331 g/mol. The van der Waals surface area contributed by atoms with Crippen LogP contribution < -0.4 is 0 Å². The van der Waals surface area contributed by atoms with Crippen LogP contribution in [0.4, 0.5) is 0 Å². The van der Waals surface area contributed by atoms with Crippen molar-refractivity contribution in [1.82, 2.24) is 5.06 Å². The van der Waals surface area contributed by atoms with E-state index in [1.807, 2.05) is 0 Å². The Bertz CT molecular complexity index is 657. The molecular formula is C18H21NO5. The van der Waals surface area contributed by atoms with E-state index in [1.54, 1.807) is 24.3 Å². The molecule has 0 bridgehead atoms. The number of hydrogen-bond acceptors (Lipinski definition) is 5. The predicted molar refractivity (Wildman–Crippen MR) is 84.0 cm³/mol. The molecule has 2 amide bonds. The van der Waals surface area contributed by atoms with Gasteiger partial charge in [0.2, 0.25) is 0 Å². The summed E-state index contributed by atoms with van der Waals surface area (Å²) in [6.45, 7) is 5.63. The molecule has 1 spiro atoms. The number of benzene rings is 1. The van der Waals surface area contributed by atoms with Crippen molar-refractivity contribution in [3.8, 4) is 0 Å². The standard InChI is InChI=1S/C18H21NO5/c1-17(2)7-8-18(22-9-10-23-18)14(17)11-24-19-15(20)12-5-3-4-6-13(12)16(19)21/h3-6,14H,7-11H2,1-2H3. The molecule has 1 aromatic rings. The summed E-state index contributed by atoms with van der Waals surface area (Å²) in [5.74, 6) is -1.51. The maximum Gasteiger partial charge on any atom is 0.285 e. The minimum Gasteiger partial charge on any atom is -0.347 e. The summed E-state index contributed by atoms with van der Waals surface area (Å²) >= 11 is 0. The summed E-state index contributed by atoms with van der Waals surface area (Å²) in [5, 5.41) is 0.877. The fraction of sp³-hybridized carbons (Fsp3) is 0.556. The lowest BCUT2D eigenvalue weighted by molar-refractivity contribution is -0.221. The second-order valence-corrected chi connectivity index (χ2v) is 7.30. The van der Waals surface area contributed by atoms with E-state index in [-0.39, 0.29) is 17.9 Å². The first kappa shape index (κ1) is 15.7. The van der Waals surface area contributed by atoms with Crippen molar-refractivity contribution in [3.05, 3.63) is 35.4 Å². The molecule has 0 radical (unpaired) electrons. The van der Waals surface area contributed by atoms with E-state index in [4.69, 9.17) is 14.3 Å². The highest BCUT2D eigenvalue weighted by molar-refractivity contribution is 6.20. The van der Waals surface area contributed by atoms with Crippen molar-refractivity contribution in [2.75, 3.05) is 19.8 Å². The number of hydroxylamine groups is 2. The number of carbonyl (C=O) groups is 2. The second kappa shape index (κ2) is 5.37. The zero-order chi connectivity index (χ0) is 16.9.